The zero-order valence-corrected chi connectivity index (χ0v) is 15.1. The summed E-state index contributed by atoms with van der Waals surface area (Å²) in [6, 6.07) is 13.9. The number of nitro groups is 1. The van der Waals surface area contributed by atoms with Crippen molar-refractivity contribution in [3.8, 4) is 5.75 Å². The van der Waals surface area contributed by atoms with Crippen molar-refractivity contribution in [2.45, 2.75) is 12.5 Å². The van der Waals surface area contributed by atoms with Gasteiger partial charge in [-0.1, -0.05) is 30.3 Å². The Morgan fingerprint density at radius 2 is 1.85 bits per heavy atom. The first kappa shape index (κ1) is 19.4. The maximum atomic E-state index is 12.3. The molecule has 0 radical (unpaired) electrons. The van der Waals surface area contributed by atoms with Crippen molar-refractivity contribution in [3.63, 3.8) is 0 Å². The van der Waals surface area contributed by atoms with E-state index in [1.54, 1.807) is 25.3 Å². The Bertz CT molecular complexity index is 760. The van der Waals surface area contributed by atoms with E-state index in [4.69, 9.17) is 4.74 Å². The number of ether oxygens (including phenoxy) is 1. The van der Waals surface area contributed by atoms with E-state index in [2.05, 4.69) is 5.32 Å². The van der Waals surface area contributed by atoms with Gasteiger partial charge >= 0.3 is 0 Å². The maximum Gasteiger partial charge on any atom is 0.273 e. The Morgan fingerprint density at radius 3 is 2.42 bits per heavy atom. The van der Waals surface area contributed by atoms with Crippen LogP contribution in [0, 0.1) is 10.1 Å². The van der Waals surface area contributed by atoms with Crippen LogP contribution in [0.25, 0.3) is 0 Å². The Kier molecular flexibility index (Phi) is 6.68. The summed E-state index contributed by atoms with van der Waals surface area (Å²) in [4.78, 5) is 24.9. The predicted octanol–water partition coefficient (Wildman–Crippen LogP) is 2.57. The van der Waals surface area contributed by atoms with Crippen LogP contribution in [0.2, 0.25) is 0 Å². The summed E-state index contributed by atoms with van der Waals surface area (Å²) in [5, 5.41) is 13.9. The van der Waals surface area contributed by atoms with Crippen molar-refractivity contribution in [2.75, 3.05) is 27.7 Å². The molecule has 2 rings (SSSR count). The summed E-state index contributed by atoms with van der Waals surface area (Å²) in [7, 11) is 5.48. The topological polar surface area (TPSA) is 84.7 Å². The predicted molar refractivity (Wildman–Crippen MR) is 99.2 cm³/mol. The molecule has 0 aliphatic heterocycles. The molecule has 2 aromatic carbocycles. The molecule has 0 saturated carbocycles. The molecule has 1 unspecified atom stereocenters. The van der Waals surface area contributed by atoms with E-state index in [-0.39, 0.29) is 24.1 Å². The number of nitrogens with zero attached hydrogens (tertiary/aromatic N) is 2. The molecule has 2 aromatic rings. The average Bonchev–Trinajstić information content (AvgIpc) is 2.62. The highest BCUT2D eigenvalue weighted by atomic mass is 16.6. The summed E-state index contributed by atoms with van der Waals surface area (Å²) in [5.41, 5.74) is 1.41. The first-order valence-corrected chi connectivity index (χ1v) is 8.21. The molecule has 0 heterocycles. The lowest BCUT2D eigenvalue weighted by molar-refractivity contribution is -0.385. The molecular formula is C19H23N3O4. The van der Waals surface area contributed by atoms with Gasteiger partial charge in [0.15, 0.2) is 0 Å². The summed E-state index contributed by atoms with van der Waals surface area (Å²) in [5.74, 6) is 0.520. The van der Waals surface area contributed by atoms with E-state index in [9.17, 15) is 14.9 Å². The standard InChI is InChI=1S/C19H23N3O4/c1-21(2)18(14-8-10-16(26-3)11-9-14)13-20-19(23)12-15-6-4-5-7-17(15)22(24)25/h4-11,18H,12-13H2,1-3H3,(H,20,23). The highest BCUT2D eigenvalue weighted by Crippen LogP contribution is 2.21. The van der Waals surface area contributed by atoms with Gasteiger partial charge in [-0.2, -0.15) is 0 Å². The third-order valence-corrected chi connectivity index (χ3v) is 4.16. The molecule has 0 fully saturated rings. The summed E-state index contributed by atoms with van der Waals surface area (Å²) in [6.45, 7) is 0.402. The fourth-order valence-corrected chi connectivity index (χ4v) is 2.71. The Morgan fingerprint density at radius 1 is 1.19 bits per heavy atom. The van der Waals surface area contributed by atoms with Crippen molar-refractivity contribution in [3.05, 3.63) is 69.8 Å². The maximum absolute atomic E-state index is 12.3. The number of nitro benzene ring substituents is 1. The molecule has 1 amide bonds. The SMILES string of the molecule is COc1ccc(C(CNC(=O)Cc2ccccc2[N+](=O)[O-])N(C)C)cc1. The molecule has 26 heavy (non-hydrogen) atoms. The van der Waals surface area contributed by atoms with E-state index in [0.717, 1.165) is 11.3 Å². The van der Waals surface area contributed by atoms with Gasteiger partial charge in [-0.3, -0.25) is 14.9 Å². The highest BCUT2D eigenvalue weighted by Gasteiger charge is 2.18. The second-order valence-electron chi connectivity index (χ2n) is 6.12. The lowest BCUT2D eigenvalue weighted by Crippen LogP contribution is -2.35. The normalized spacial score (nSPS) is 11.8. The second kappa shape index (κ2) is 8.96. The zero-order chi connectivity index (χ0) is 19.1. The largest absolute Gasteiger partial charge is 0.497 e. The Balaban J connectivity index is 2.02. The summed E-state index contributed by atoms with van der Waals surface area (Å²) >= 11 is 0. The van der Waals surface area contributed by atoms with Crippen LogP contribution in [0.4, 0.5) is 5.69 Å². The van der Waals surface area contributed by atoms with E-state index in [1.165, 1.54) is 6.07 Å². The number of hydrogen-bond acceptors (Lipinski definition) is 5. The van der Waals surface area contributed by atoms with Crippen LogP contribution in [-0.2, 0) is 11.2 Å². The number of methoxy groups -OCH3 is 1. The number of hydrogen-bond donors (Lipinski definition) is 1. The molecule has 1 N–H and O–H groups in total. The van der Waals surface area contributed by atoms with Crippen molar-refractivity contribution in [1.82, 2.24) is 10.2 Å². The number of para-hydroxylation sites is 1. The molecule has 0 aliphatic carbocycles. The number of nitrogens with one attached hydrogen (secondary N) is 1. The molecule has 0 saturated heterocycles. The monoisotopic (exact) mass is 357 g/mol. The second-order valence-corrected chi connectivity index (χ2v) is 6.12. The smallest absolute Gasteiger partial charge is 0.273 e. The van der Waals surface area contributed by atoms with Crippen molar-refractivity contribution in [1.29, 1.82) is 0 Å². The molecule has 138 valence electrons. The Hall–Kier alpha value is -2.93. The number of rotatable bonds is 8. The van der Waals surface area contributed by atoms with E-state index < -0.39 is 4.92 Å². The van der Waals surface area contributed by atoms with Gasteiger partial charge in [0.1, 0.15) is 5.75 Å². The minimum absolute atomic E-state index is 0.0179. The van der Waals surface area contributed by atoms with Crippen LogP contribution in [-0.4, -0.2) is 43.5 Å². The molecular weight excluding hydrogens is 334 g/mol. The van der Waals surface area contributed by atoms with E-state index in [1.807, 2.05) is 43.3 Å². The van der Waals surface area contributed by atoms with Crippen molar-refractivity contribution in [2.24, 2.45) is 0 Å². The van der Waals surface area contributed by atoms with Crippen LogP contribution < -0.4 is 10.1 Å². The van der Waals surface area contributed by atoms with Crippen LogP contribution in [0.1, 0.15) is 17.2 Å². The fourth-order valence-electron chi connectivity index (χ4n) is 2.71. The third-order valence-electron chi connectivity index (χ3n) is 4.16. The van der Waals surface area contributed by atoms with Gasteiger partial charge in [0.2, 0.25) is 5.91 Å². The van der Waals surface area contributed by atoms with E-state index >= 15 is 0 Å². The minimum atomic E-state index is -0.470. The number of carbonyl (C=O) groups excluding carboxylic acids is 1. The van der Waals surface area contributed by atoms with Gasteiger partial charge < -0.3 is 15.0 Å². The lowest BCUT2D eigenvalue weighted by Gasteiger charge is -2.25. The van der Waals surface area contributed by atoms with Gasteiger partial charge in [-0.25, -0.2) is 0 Å². The van der Waals surface area contributed by atoms with Crippen molar-refractivity contribution >= 4 is 11.6 Å². The molecule has 0 aromatic heterocycles. The fraction of sp³-hybridized carbons (Fsp3) is 0.316. The molecule has 7 nitrogen and oxygen atoms in total. The molecule has 1 atom stereocenters. The highest BCUT2D eigenvalue weighted by molar-refractivity contribution is 5.79. The van der Waals surface area contributed by atoms with Gasteiger partial charge in [-0.15, -0.1) is 0 Å². The van der Waals surface area contributed by atoms with Gasteiger partial charge in [0, 0.05) is 18.2 Å². The van der Waals surface area contributed by atoms with Gasteiger partial charge in [0.05, 0.1) is 24.5 Å². The summed E-state index contributed by atoms with van der Waals surface area (Å²) in [6.07, 6.45) is -0.0279. The zero-order valence-electron chi connectivity index (χ0n) is 15.1. The third kappa shape index (κ3) is 5.03. The first-order valence-electron chi connectivity index (χ1n) is 8.21. The molecule has 0 bridgehead atoms. The van der Waals surface area contributed by atoms with Gasteiger partial charge in [-0.05, 0) is 31.8 Å². The quantitative estimate of drug-likeness (QED) is 0.580. The Labute approximate surface area is 152 Å². The number of benzene rings is 2. The molecule has 0 spiro atoms. The van der Waals surface area contributed by atoms with Crippen molar-refractivity contribution < 1.29 is 14.5 Å². The number of amides is 1. The average molecular weight is 357 g/mol. The summed E-state index contributed by atoms with van der Waals surface area (Å²) < 4.78 is 5.17. The number of carbonyl (C=O) groups is 1. The molecule has 0 aliphatic rings. The minimum Gasteiger partial charge on any atom is -0.497 e. The van der Waals surface area contributed by atoms with Crippen LogP contribution in [0.15, 0.2) is 48.5 Å². The number of likely N-dealkylation sites (N-methyl/N-ethyl adjacent to an activating group) is 1. The molecule has 7 heteroatoms. The van der Waals surface area contributed by atoms with Crippen LogP contribution >= 0.6 is 0 Å². The van der Waals surface area contributed by atoms with Crippen LogP contribution in [0.3, 0.4) is 0 Å². The van der Waals surface area contributed by atoms with Gasteiger partial charge in [0.25, 0.3) is 5.69 Å². The van der Waals surface area contributed by atoms with Crippen LogP contribution in [0.5, 0.6) is 5.75 Å². The lowest BCUT2D eigenvalue weighted by atomic mass is 10.1. The first-order chi connectivity index (χ1) is 12.4. The van der Waals surface area contributed by atoms with E-state index in [0.29, 0.717) is 12.1 Å².